The smallest absolute Gasteiger partial charge is 0.248 e. The van der Waals surface area contributed by atoms with Crippen LogP contribution in [0.4, 0.5) is 0 Å². The maximum Gasteiger partial charge on any atom is 0.248 e. The first-order valence-electron chi connectivity index (χ1n) is 13.9. The lowest BCUT2D eigenvalue weighted by molar-refractivity contribution is -0.0469. The summed E-state index contributed by atoms with van der Waals surface area (Å²) in [4.78, 5) is 0. The number of aryl methyl sites for hydroxylation is 1. The van der Waals surface area contributed by atoms with E-state index in [9.17, 15) is 0 Å². The molecule has 2 aliphatic rings. The van der Waals surface area contributed by atoms with Crippen molar-refractivity contribution in [3.05, 3.63) is 60.2 Å². The van der Waals surface area contributed by atoms with Crippen LogP contribution in [0.25, 0.3) is 0 Å². The number of unbranched alkanes of at least 4 members (excludes halogenated alkanes) is 2. The second-order valence-electron chi connectivity index (χ2n) is 12.7. The molecule has 0 radical (unpaired) electrons. The molecule has 36 heavy (non-hydrogen) atoms. The molecule has 1 aliphatic carbocycles. The Labute approximate surface area is 223 Å². The van der Waals surface area contributed by atoms with Gasteiger partial charge in [0.1, 0.15) is 17.1 Å². The fourth-order valence-electron chi connectivity index (χ4n) is 6.13. The second kappa shape index (κ2) is 11.4. The van der Waals surface area contributed by atoms with Crippen molar-refractivity contribution >= 4 is 16.6 Å². The Morgan fingerprint density at radius 1 is 1.06 bits per heavy atom. The third-order valence-corrected chi connectivity index (χ3v) is 11.9. The minimum Gasteiger partial charge on any atom is -0.543 e. The van der Waals surface area contributed by atoms with E-state index in [0.717, 1.165) is 36.4 Å². The summed E-state index contributed by atoms with van der Waals surface area (Å²) >= 11 is 0. The summed E-state index contributed by atoms with van der Waals surface area (Å²) in [5.41, 5.74) is 3.59. The fourth-order valence-corrected chi connectivity index (χ4v) is 9.52. The highest BCUT2D eigenvalue weighted by molar-refractivity contribution is 6.72. The number of hydrogen-bond acceptors (Lipinski definition) is 3. The Bertz CT molecular complexity index is 976. The number of allylic oxidation sites excluding steroid dienone is 3. The van der Waals surface area contributed by atoms with Gasteiger partial charge in [-0.25, -0.2) is 0 Å². The highest BCUT2D eigenvalue weighted by Crippen LogP contribution is 2.55. The molecule has 0 saturated heterocycles. The zero-order chi connectivity index (χ0) is 26.7. The average Bonchev–Trinajstić information content (AvgIpc) is 2.71. The molecule has 0 fully saturated rings. The first-order chi connectivity index (χ1) is 16.8. The van der Waals surface area contributed by atoms with Crippen LogP contribution < -0.4 is 9.16 Å². The van der Waals surface area contributed by atoms with Crippen molar-refractivity contribution in [2.75, 3.05) is 0 Å². The first-order valence-corrected chi connectivity index (χ1v) is 20.2. The van der Waals surface area contributed by atoms with E-state index in [0.29, 0.717) is 0 Å². The molecule has 1 heterocycles. The molecule has 1 aliphatic heterocycles. The molecule has 1 aromatic carbocycles. The molecule has 200 valence electrons. The summed E-state index contributed by atoms with van der Waals surface area (Å²) in [6.45, 7) is 26.2. The van der Waals surface area contributed by atoms with Gasteiger partial charge in [-0.1, -0.05) is 43.6 Å². The summed E-state index contributed by atoms with van der Waals surface area (Å²) in [5, 5.41) is 0. The Kier molecular flexibility index (Phi) is 9.22. The molecule has 0 amide bonds. The molecule has 0 aromatic heterocycles. The van der Waals surface area contributed by atoms with Gasteiger partial charge in [0, 0.05) is 17.4 Å². The molecule has 1 aromatic rings. The Morgan fingerprint density at radius 2 is 1.72 bits per heavy atom. The number of fused-ring (bicyclic) bond motifs is 3. The van der Waals surface area contributed by atoms with Gasteiger partial charge in [-0.05, 0) is 96.0 Å². The lowest BCUT2D eigenvalue weighted by Gasteiger charge is -2.51. The van der Waals surface area contributed by atoms with Crippen molar-refractivity contribution in [3.63, 3.8) is 0 Å². The number of hydrogen-bond donors (Lipinski definition) is 0. The minimum absolute atomic E-state index is 0.125. The highest BCUT2D eigenvalue weighted by Gasteiger charge is 2.51. The SMILES string of the molecule is C=CC[Si](C)(C)Oc1cc(CCCCC)cc2c1[C@@H]1C=C(C)CC(O[Si](C)(C)CC=C)[C@H]1C(C)(C)O2. The van der Waals surface area contributed by atoms with Gasteiger partial charge in [-0.2, -0.15) is 0 Å². The van der Waals surface area contributed by atoms with Crippen molar-refractivity contribution in [1.82, 2.24) is 0 Å². The normalized spacial score (nSPS) is 23.1. The van der Waals surface area contributed by atoms with Crippen LogP contribution in [0.3, 0.4) is 0 Å². The first kappa shape index (κ1) is 29.0. The molecular weight excluding hydrogens is 477 g/mol. The molecule has 5 heteroatoms. The van der Waals surface area contributed by atoms with Gasteiger partial charge in [0.05, 0.1) is 6.10 Å². The molecule has 0 saturated carbocycles. The quantitative estimate of drug-likeness (QED) is 0.154. The number of rotatable bonds is 12. The minimum atomic E-state index is -1.97. The highest BCUT2D eigenvalue weighted by atomic mass is 28.4. The lowest BCUT2D eigenvalue weighted by atomic mass is 9.66. The topological polar surface area (TPSA) is 27.7 Å². The van der Waals surface area contributed by atoms with Crippen LogP contribution in [0.5, 0.6) is 11.5 Å². The van der Waals surface area contributed by atoms with Gasteiger partial charge >= 0.3 is 0 Å². The Balaban J connectivity index is 2.12. The Morgan fingerprint density at radius 3 is 2.36 bits per heavy atom. The van der Waals surface area contributed by atoms with E-state index < -0.39 is 16.6 Å². The maximum absolute atomic E-state index is 6.98. The van der Waals surface area contributed by atoms with Crippen LogP contribution in [-0.2, 0) is 10.8 Å². The van der Waals surface area contributed by atoms with Crippen LogP contribution in [0.15, 0.2) is 49.1 Å². The molecule has 0 N–H and O–H groups in total. The van der Waals surface area contributed by atoms with Crippen molar-refractivity contribution in [2.45, 2.75) is 116 Å². The summed E-state index contributed by atoms with van der Waals surface area (Å²) in [7, 11) is -3.85. The van der Waals surface area contributed by atoms with Crippen LogP contribution in [0.1, 0.15) is 70.4 Å². The van der Waals surface area contributed by atoms with Crippen molar-refractivity contribution in [3.8, 4) is 11.5 Å². The van der Waals surface area contributed by atoms with Gasteiger partial charge < -0.3 is 13.6 Å². The van der Waals surface area contributed by atoms with Crippen molar-refractivity contribution in [2.24, 2.45) is 5.92 Å². The third kappa shape index (κ3) is 6.84. The molecule has 3 rings (SSSR count). The zero-order valence-electron chi connectivity index (χ0n) is 24.2. The molecule has 3 nitrogen and oxygen atoms in total. The van der Waals surface area contributed by atoms with E-state index in [1.807, 2.05) is 12.2 Å². The molecule has 3 atom stereocenters. The van der Waals surface area contributed by atoms with Crippen LogP contribution >= 0.6 is 0 Å². The van der Waals surface area contributed by atoms with E-state index in [2.05, 4.69) is 85.2 Å². The van der Waals surface area contributed by atoms with E-state index in [4.69, 9.17) is 13.6 Å². The van der Waals surface area contributed by atoms with Crippen LogP contribution in [0, 0.1) is 5.92 Å². The average molecular weight is 527 g/mol. The molecule has 0 spiro atoms. The summed E-state index contributed by atoms with van der Waals surface area (Å²) < 4.78 is 20.8. The summed E-state index contributed by atoms with van der Waals surface area (Å²) in [6, 6.07) is 6.49. The standard InChI is InChI=1S/C31H50O3Si2/c1-11-14-15-16-24-21-26-29(27(22-24)33-35(7,8)17-12-2)25-19-23(4)20-28(30(25)31(5,6)32-26)34-36(9,10)18-13-3/h12-13,19,21-22,25,28,30H,2-3,11,14-18,20H2,1,4-10H3/t25-,28?,30-/m0/s1. The predicted octanol–water partition coefficient (Wildman–Crippen LogP) is 9.19. The van der Waals surface area contributed by atoms with E-state index in [-0.39, 0.29) is 23.5 Å². The van der Waals surface area contributed by atoms with Gasteiger partial charge in [0.2, 0.25) is 8.32 Å². The summed E-state index contributed by atoms with van der Waals surface area (Å²) in [6.07, 6.45) is 12.3. The molecular formula is C31H50O3Si2. The largest absolute Gasteiger partial charge is 0.543 e. The molecule has 0 bridgehead atoms. The lowest BCUT2D eigenvalue weighted by Crippen LogP contribution is -2.54. The van der Waals surface area contributed by atoms with E-state index >= 15 is 0 Å². The number of ether oxygens (including phenoxy) is 1. The number of benzene rings is 1. The maximum atomic E-state index is 6.98. The Hall–Kier alpha value is -1.57. The zero-order valence-corrected chi connectivity index (χ0v) is 26.2. The predicted molar refractivity (Wildman–Crippen MR) is 159 cm³/mol. The molecule has 1 unspecified atom stereocenters. The third-order valence-electron chi connectivity index (χ3n) is 7.65. The van der Waals surface area contributed by atoms with Crippen LogP contribution in [-0.4, -0.2) is 28.3 Å². The van der Waals surface area contributed by atoms with Gasteiger partial charge in [-0.3, -0.25) is 0 Å². The van der Waals surface area contributed by atoms with Gasteiger partial charge in [0.25, 0.3) is 0 Å². The van der Waals surface area contributed by atoms with Crippen LogP contribution in [0.2, 0.25) is 38.3 Å². The van der Waals surface area contributed by atoms with E-state index in [1.165, 1.54) is 36.0 Å². The monoisotopic (exact) mass is 526 g/mol. The van der Waals surface area contributed by atoms with Crippen molar-refractivity contribution < 1.29 is 13.6 Å². The second-order valence-corrected chi connectivity index (χ2v) is 21.0. The van der Waals surface area contributed by atoms with Crippen molar-refractivity contribution in [1.29, 1.82) is 0 Å². The fraction of sp³-hybridized carbons (Fsp3) is 0.613. The van der Waals surface area contributed by atoms with Gasteiger partial charge in [-0.15, -0.1) is 13.2 Å². The van der Waals surface area contributed by atoms with E-state index in [1.54, 1.807) is 0 Å². The van der Waals surface area contributed by atoms with Gasteiger partial charge in [0.15, 0.2) is 8.32 Å². The summed E-state index contributed by atoms with van der Waals surface area (Å²) in [5.74, 6) is 2.46.